The highest BCUT2D eigenvalue weighted by atomic mass is 127. The average molecular weight is 554 g/mol. The van der Waals surface area contributed by atoms with Gasteiger partial charge in [0.2, 0.25) is 5.91 Å². The number of sulfone groups is 1. The van der Waals surface area contributed by atoms with E-state index in [2.05, 4.69) is 15.6 Å². The summed E-state index contributed by atoms with van der Waals surface area (Å²) in [6.07, 6.45) is 4.50. The summed E-state index contributed by atoms with van der Waals surface area (Å²) in [6.45, 7) is 4.70. The third-order valence-corrected chi connectivity index (χ3v) is 6.45. The van der Waals surface area contributed by atoms with Gasteiger partial charge in [0.15, 0.2) is 15.8 Å². The number of carbonyl (C=O) groups is 1. The molecule has 1 aromatic carbocycles. The van der Waals surface area contributed by atoms with Crippen molar-refractivity contribution in [3.8, 4) is 0 Å². The van der Waals surface area contributed by atoms with Crippen molar-refractivity contribution in [3.05, 3.63) is 30.1 Å². The Bertz CT molecular complexity index is 805. The van der Waals surface area contributed by atoms with Crippen LogP contribution in [0.1, 0.15) is 39.0 Å². The second-order valence-corrected chi connectivity index (χ2v) is 9.06. The van der Waals surface area contributed by atoms with Gasteiger partial charge in [-0.15, -0.1) is 24.0 Å². The topological polar surface area (TPSA) is 90.9 Å². The molecule has 1 amide bonds. The van der Waals surface area contributed by atoms with Crippen molar-refractivity contribution in [2.24, 2.45) is 4.99 Å². The zero-order valence-electron chi connectivity index (χ0n) is 17.4. The van der Waals surface area contributed by atoms with E-state index in [0.717, 1.165) is 38.3 Å². The number of likely N-dealkylation sites (tertiary alicyclic amines) is 1. The Morgan fingerprint density at radius 1 is 1.20 bits per heavy atom. The van der Waals surface area contributed by atoms with Gasteiger partial charge < -0.3 is 15.5 Å². The molecule has 1 saturated heterocycles. The summed E-state index contributed by atoms with van der Waals surface area (Å²) < 4.78 is 38.4. The van der Waals surface area contributed by atoms with E-state index in [-0.39, 0.29) is 47.1 Å². The summed E-state index contributed by atoms with van der Waals surface area (Å²) in [4.78, 5) is 18.1. The summed E-state index contributed by atoms with van der Waals surface area (Å²) in [6, 6.07) is 5.38. The molecular weight excluding hydrogens is 522 g/mol. The highest BCUT2D eigenvalue weighted by Crippen LogP contribution is 2.14. The van der Waals surface area contributed by atoms with Gasteiger partial charge in [-0.1, -0.05) is 18.6 Å². The monoisotopic (exact) mass is 554 g/mol. The molecule has 170 valence electrons. The maximum absolute atomic E-state index is 13.7. The molecule has 0 aliphatic carbocycles. The Hall–Kier alpha value is -1.43. The third kappa shape index (κ3) is 8.75. The average Bonchev–Trinajstić information content (AvgIpc) is 2.89. The molecule has 0 spiro atoms. The van der Waals surface area contributed by atoms with Crippen LogP contribution in [0.15, 0.2) is 34.2 Å². The second-order valence-electron chi connectivity index (χ2n) is 6.98. The Morgan fingerprint density at radius 3 is 2.70 bits per heavy atom. The van der Waals surface area contributed by atoms with Gasteiger partial charge in [-0.25, -0.2) is 12.8 Å². The van der Waals surface area contributed by atoms with Gasteiger partial charge in [0.05, 0.1) is 5.75 Å². The van der Waals surface area contributed by atoms with E-state index in [4.69, 9.17) is 0 Å². The third-order valence-electron chi connectivity index (χ3n) is 4.71. The summed E-state index contributed by atoms with van der Waals surface area (Å²) in [5, 5.41) is 6.05. The first-order chi connectivity index (χ1) is 13.9. The molecule has 2 N–H and O–H groups in total. The van der Waals surface area contributed by atoms with Crippen LogP contribution in [-0.4, -0.2) is 63.7 Å². The van der Waals surface area contributed by atoms with Crippen LogP contribution in [0, 0.1) is 5.82 Å². The quantitative estimate of drug-likeness (QED) is 0.212. The number of hydrogen-bond acceptors (Lipinski definition) is 4. The van der Waals surface area contributed by atoms with E-state index in [1.807, 2.05) is 11.8 Å². The van der Waals surface area contributed by atoms with Gasteiger partial charge in [0.1, 0.15) is 10.7 Å². The van der Waals surface area contributed by atoms with Crippen molar-refractivity contribution in [3.63, 3.8) is 0 Å². The number of aliphatic imine (C=N–C) groups is 1. The number of carbonyl (C=O) groups excluding carboxylic acids is 1. The number of nitrogens with zero attached hydrogens (tertiary/aromatic N) is 2. The van der Waals surface area contributed by atoms with Gasteiger partial charge in [-0.3, -0.25) is 9.79 Å². The number of hydrogen-bond donors (Lipinski definition) is 2. The van der Waals surface area contributed by atoms with E-state index < -0.39 is 15.7 Å². The fraction of sp³-hybridized carbons (Fsp3) is 0.600. The molecule has 1 heterocycles. The van der Waals surface area contributed by atoms with Gasteiger partial charge >= 0.3 is 0 Å². The second kappa shape index (κ2) is 13.8. The molecule has 7 nitrogen and oxygen atoms in total. The number of benzene rings is 1. The lowest BCUT2D eigenvalue weighted by atomic mass is 10.2. The first kappa shape index (κ1) is 26.6. The van der Waals surface area contributed by atoms with Crippen LogP contribution in [0.5, 0.6) is 0 Å². The fourth-order valence-electron chi connectivity index (χ4n) is 3.18. The molecular formula is C20H32FIN4O3S. The Balaban J connectivity index is 0.00000450. The molecule has 0 aromatic heterocycles. The van der Waals surface area contributed by atoms with Gasteiger partial charge in [0.25, 0.3) is 0 Å². The lowest BCUT2D eigenvalue weighted by molar-refractivity contribution is -0.130. The van der Waals surface area contributed by atoms with Crippen molar-refractivity contribution in [1.29, 1.82) is 0 Å². The Kier molecular flexibility index (Phi) is 12.2. The predicted molar refractivity (Wildman–Crippen MR) is 128 cm³/mol. The largest absolute Gasteiger partial charge is 0.357 e. The van der Waals surface area contributed by atoms with E-state index in [0.29, 0.717) is 32.0 Å². The zero-order valence-corrected chi connectivity index (χ0v) is 20.5. The fourth-order valence-corrected chi connectivity index (χ4v) is 4.42. The van der Waals surface area contributed by atoms with Crippen LogP contribution in [0.3, 0.4) is 0 Å². The van der Waals surface area contributed by atoms with E-state index in [1.165, 1.54) is 18.2 Å². The van der Waals surface area contributed by atoms with Crippen LogP contribution in [0.4, 0.5) is 4.39 Å². The standard InChI is InChI=1S/C20H31FN4O3S.HI/c1-2-22-20(23-12-8-15-25-14-7-3-4-11-19(25)26)24-13-16-29(27,28)18-10-6-5-9-17(18)21;/h5-6,9-10H,2-4,7-8,11-16H2,1H3,(H2,22,23,24);1H. The smallest absolute Gasteiger partial charge is 0.222 e. The lowest BCUT2D eigenvalue weighted by Crippen LogP contribution is -2.40. The maximum Gasteiger partial charge on any atom is 0.222 e. The van der Waals surface area contributed by atoms with Crippen LogP contribution in [0.25, 0.3) is 0 Å². The van der Waals surface area contributed by atoms with Crippen molar-refractivity contribution in [2.75, 3.05) is 38.5 Å². The number of guanidine groups is 1. The molecule has 30 heavy (non-hydrogen) atoms. The van der Waals surface area contributed by atoms with Crippen LogP contribution in [-0.2, 0) is 14.6 Å². The van der Waals surface area contributed by atoms with Crippen LogP contribution in [0.2, 0.25) is 0 Å². The molecule has 10 heteroatoms. The minimum atomic E-state index is -3.72. The van der Waals surface area contributed by atoms with Crippen LogP contribution < -0.4 is 10.6 Å². The van der Waals surface area contributed by atoms with Crippen molar-refractivity contribution < 1.29 is 17.6 Å². The number of nitrogens with one attached hydrogen (secondary N) is 2. The highest BCUT2D eigenvalue weighted by Gasteiger charge is 2.18. The minimum absolute atomic E-state index is 0. The molecule has 1 aliphatic heterocycles. The van der Waals surface area contributed by atoms with E-state index in [1.54, 1.807) is 0 Å². The van der Waals surface area contributed by atoms with Crippen molar-refractivity contribution in [2.45, 2.75) is 43.9 Å². The van der Waals surface area contributed by atoms with Crippen LogP contribution >= 0.6 is 24.0 Å². The molecule has 1 fully saturated rings. The summed E-state index contributed by atoms with van der Waals surface area (Å²) in [5.74, 6) is -0.245. The zero-order chi connectivity index (χ0) is 21.1. The molecule has 0 unspecified atom stereocenters. The molecule has 0 atom stereocenters. The first-order valence-corrected chi connectivity index (χ1v) is 11.9. The predicted octanol–water partition coefficient (Wildman–Crippen LogP) is 2.57. The number of amides is 1. The summed E-state index contributed by atoms with van der Waals surface area (Å²) >= 11 is 0. The van der Waals surface area contributed by atoms with Crippen molar-refractivity contribution >= 4 is 45.7 Å². The summed E-state index contributed by atoms with van der Waals surface area (Å²) in [7, 11) is -3.72. The molecule has 0 radical (unpaired) electrons. The van der Waals surface area contributed by atoms with E-state index in [9.17, 15) is 17.6 Å². The molecule has 0 bridgehead atoms. The molecule has 0 saturated carbocycles. The van der Waals surface area contributed by atoms with Crippen molar-refractivity contribution in [1.82, 2.24) is 15.5 Å². The first-order valence-electron chi connectivity index (χ1n) is 10.2. The molecule has 2 rings (SSSR count). The molecule has 1 aromatic rings. The summed E-state index contributed by atoms with van der Waals surface area (Å²) in [5.41, 5.74) is 0. The normalized spacial score (nSPS) is 15.3. The van der Waals surface area contributed by atoms with Gasteiger partial charge in [-0.05, 0) is 38.3 Å². The van der Waals surface area contributed by atoms with Gasteiger partial charge in [0, 0.05) is 39.1 Å². The Morgan fingerprint density at radius 2 is 1.97 bits per heavy atom. The SMILES string of the molecule is CCNC(=NCCCN1CCCCCC1=O)NCCS(=O)(=O)c1ccccc1F.I. The van der Waals surface area contributed by atoms with E-state index >= 15 is 0 Å². The number of rotatable bonds is 9. The lowest BCUT2D eigenvalue weighted by Gasteiger charge is -2.20. The molecule has 1 aliphatic rings. The number of halogens is 2. The maximum atomic E-state index is 13.7. The Labute approximate surface area is 195 Å². The minimum Gasteiger partial charge on any atom is -0.357 e. The highest BCUT2D eigenvalue weighted by molar-refractivity contribution is 14.0. The van der Waals surface area contributed by atoms with Gasteiger partial charge in [-0.2, -0.15) is 0 Å².